The van der Waals surface area contributed by atoms with Crippen LogP contribution in [0.5, 0.6) is 5.75 Å². The number of hydrogen-bond donors (Lipinski definition) is 0. The highest BCUT2D eigenvalue weighted by atomic mass is 16.5. The van der Waals surface area contributed by atoms with Crippen LogP contribution in [-0.2, 0) is 6.42 Å². The molecule has 1 aromatic rings. The number of benzene rings is 1. The maximum Gasteiger partial charge on any atom is 0.122 e. The maximum absolute atomic E-state index is 5.31. The minimum atomic E-state index is 0.870. The van der Waals surface area contributed by atoms with E-state index in [9.17, 15) is 0 Å². The van der Waals surface area contributed by atoms with E-state index in [1.165, 1.54) is 16.7 Å². The molecule has 0 aromatic heterocycles. The summed E-state index contributed by atoms with van der Waals surface area (Å²) >= 11 is 0. The van der Waals surface area contributed by atoms with E-state index in [2.05, 4.69) is 32.6 Å². The van der Waals surface area contributed by atoms with Crippen LogP contribution in [0.4, 0.5) is 0 Å². The van der Waals surface area contributed by atoms with Crippen molar-refractivity contribution < 1.29 is 4.74 Å². The van der Waals surface area contributed by atoms with Crippen LogP contribution in [0.25, 0.3) is 0 Å². The van der Waals surface area contributed by atoms with Gasteiger partial charge in [-0.2, -0.15) is 0 Å². The summed E-state index contributed by atoms with van der Waals surface area (Å²) in [5.41, 5.74) is 3.75. The monoisotopic (exact) mass is 176 g/mol. The Hall–Kier alpha value is -1.24. The molecule has 0 amide bonds. The van der Waals surface area contributed by atoms with Gasteiger partial charge in [0, 0.05) is 5.56 Å². The lowest BCUT2D eigenvalue weighted by atomic mass is 10.0. The average molecular weight is 176 g/mol. The number of ether oxygens (including phenoxy) is 1. The van der Waals surface area contributed by atoms with E-state index in [1.807, 2.05) is 6.08 Å². The van der Waals surface area contributed by atoms with Crippen LogP contribution in [0.15, 0.2) is 24.8 Å². The van der Waals surface area contributed by atoms with Gasteiger partial charge in [-0.15, -0.1) is 6.58 Å². The molecule has 0 saturated heterocycles. The minimum Gasteiger partial charge on any atom is -0.496 e. The van der Waals surface area contributed by atoms with Gasteiger partial charge in [0.05, 0.1) is 7.11 Å². The predicted octanol–water partition coefficient (Wildman–Crippen LogP) is 3.04. The first kappa shape index (κ1) is 9.85. The molecular weight excluding hydrogens is 160 g/mol. The fourth-order valence-electron chi connectivity index (χ4n) is 1.55. The summed E-state index contributed by atoms with van der Waals surface area (Å²) in [6.07, 6.45) is 2.77. The Morgan fingerprint density at radius 1 is 1.38 bits per heavy atom. The second-order valence-corrected chi connectivity index (χ2v) is 3.26. The second-order valence-electron chi connectivity index (χ2n) is 3.26. The Morgan fingerprint density at radius 2 is 2.08 bits per heavy atom. The molecule has 1 aromatic carbocycles. The lowest BCUT2D eigenvalue weighted by molar-refractivity contribution is 0.410. The van der Waals surface area contributed by atoms with E-state index < -0.39 is 0 Å². The van der Waals surface area contributed by atoms with Gasteiger partial charge in [0.2, 0.25) is 0 Å². The van der Waals surface area contributed by atoms with Crippen molar-refractivity contribution in [1.29, 1.82) is 0 Å². The molecule has 0 N–H and O–H groups in total. The van der Waals surface area contributed by atoms with Gasteiger partial charge >= 0.3 is 0 Å². The van der Waals surface area contributed by atoms with Crippen LogP contribution >= 0.6 is 0 Å². The molecule has 13 heavy (non-hydrogen) atoms. The van der Waals surface area contributed by atoms with Crippen molar-refractivity contribution >= 4 is 0 Å². The van der Waals surface area contributed by atoms with Crippen LogP contribution in [0.3, 0.4) is 0 Å². The number of methoxy groups -OCH3 is 1. The summed E-state index contributed by atoms with van der Waals surface area (Å²) in [4.78, 5) is 0. The van der Waals surface area contributed by atoms with E-state index in [1.54, 1.807) is 7.11 Å². The van der Waals surface area contributed by atoms with E-state index >= 15 is 0 Å². The van der Waals surface area contributed by atoms with Gasteiger partial charge in [0.25, 0.3) is 0 Å². The molecule has 0 fully saturated rings. The summed E-state index contributed by atoms with van der Waals surface area (Å²) < 4.78 is 5.31. The molecule has 0 saturated carbocycles. The standard InChI is InChI=1S/C12H16O/c1-5-6-11-10(3)7-9(2)8-12(11)13-4/h5,7-8H,1,6H2,2-4H3. The fraction of sp³-hybridized carbons (Fsp3) is 0.333. The average Bonchev–Trinajstić information content (AvgIpc) is 2.09. The molecule has 0 unspecified atom stereocenters. The zero-order valence-corrected chi connectivity index (χ0v) is 8.55. The van der Waals surface area contributed by atoms with Gasteiger partial charge in [-0.05, 0) is 37.5 Å². The smallest absolute Gasteiger partial charge is 0.122 e. The van der Waals surface area contributed by atoms with E-state index in [0.717, 1.165) is 12.2 Å². The molecule has 0 bridgehead atoms. The van der Waals surface area contributed by atoms with E-state index in [-0.39, 0.29) is 0 Å². The number of rotatable bonds is 3. The number of hydrogen-bond acceptors (Lipinski definition) is 1. The first-order valence-electron chi connectivity index (χ1n) is 4.44. The van der Waals surface area contributed by atoms with E-state index in [0.29, 0.717) is 0 Å². The van der Waals surface area contributed by atoms with Gasteiger partial charge in [-0.25, -0.2) is 0 Å². The molecule has 0 spiro atoms. The lowest BCUT2D eigenvalue weighted by Gasteiger charge is -2.11. The summed E-state index contributed by atoms with van der Waals surface area (Å²) in [5.74, 6) is 0.970. The molecule has 0 aliphatic carbocycles. The van der Waals surface area contributed by atoms with Crippen LogP contribution in [0, 0.1) is 13.8 Å². The lowest BCUT2D eigenvalue weighted by Crippen LogP contribution is -1.95. The number of allylic oxidation sites excluding steroid dienone is 1. The highest BCUT2D eigenvalue weighted by molar-refractivity contribution is 5.43. The van der Waals surface area contributed by atoms with Crippen molar-refractivity contribution in [3.63, 3.8) is 0 Å². The zero-order valence-electron chi connectivity index (χ0n) is 8.55. The molecule has 0 radical (unpaired) electrons. The third kappa shape index (κ3) is 2.11. The normalized spacial score (nSPS) is 9.77. The first-order chi connectivity index (χ1) is 6.19. The Balaban J connectivity index is 3.20. The summed E-state index contributed by atoms with van der Waals surface area (Å²) in [6, 6.07) is 4.23. The zero-order chi connectivity index (χ0) is 9.84. The second kappa shape index (κ2) is 4.13. The highest BCUT2D eigenvalue weighted by Gasteiger charge is 2.05. The van der Waals surface area contributed by atoms with Gasteiger partial charge in [0.1, 0.15) is 5.75 Å². The van der Waals surface area contributed by atoms with E-state index in [4.69, 9.17) is 4.74 Å². The van der Waals surface area contributed by atoms with Crippen molar-refractivity contribution in [2.24, 2.45) is 0 Å². The van der Waals surface area contributed by atoms with Crippen molar-refractivity contribution in [2.75, 3.05) is 7.11 Å². The van der Waals surface area contributed by atoms with Gasteiger partial charge in [-0.3, -0.25) is 0 Å². The van der Waals surface area contributed by atoms with Crippen molar-refractivity contribution in [3.8, 4) is 5.75 Å². The highest BCUT2D eigenvalue weighted by Crippen LogP contribution is 2.24. The third-order valence-electron chi connectivity index (χ3n) is 2.14. The van der Waals surface area contributed by atoms with Crippen LogP contribution < -0.4 is 4.74 Å². The molecule has 1 rings (SSSR count). The van der Waals surface area contributed by atoms with Gasteiger partial charge in [-0.1, -0.05) is 12.1 Å². The van der Waals surface area contributed by atoms with Crippen molar-refractivity contribution in [3.05, 3.63) is 41.5 Å². The molecule has 0 aliphatic rings. The fourth-order valence-corrected chi connectivity index (χ4v) is 1.55. The van der Waals surface area contributed by atoms with Gasteiger partial charge in [0.15, 0.2) is 0 Å². The third-order valence-corrected chi connectivity index (χ3v) is 2.14. The summed E-state index contributed by atoms with van der Waals surface area (Å²) in [6.45, 7) is 7.92. The minimum absolute atomic E-state index is 0.870. The molecular formula is C12H16O. The predicted molar refractivity (Wildman–Crippen MR) is 56.4 cm³/mol. The molecule has 70 valence electrons. The summed E-state index contributed by atoms with van der Waals surface area (Å²) in [7, 11) is 1.71. The molecule has 0 atom stereocenters. The molecule has 1 heteroatoms. The largest absolute Gasteiger partial charge is 0.496 e. The topological polar surface area (TPSA) is 9.23 Å². The SMILES string of the molecule is C=CCc1c(C)cc(C)cc1OC. The summed E-state index contributed by atoms with van der Waals surface area (Å²) in [5, 5.41) is 0. The molecule has 1 nitrogen and oxygen atoms in total. The van der Waals surface area contributed by atoms with Crippen molar-refractivity contribution in [1.82, 2.24) is 0 Å². The first-order valence-corrected chi connectivity index (χ1v) is 4.44. The quantitative estimate of drug-likeness (QED) is 0.643. The van der Waals surface area contributed by atoms with Crippen LogP contribution in [-0.4, -0.2) is 7.11 Å². The van der Waals surface area contributed by atoms with Crippen LogP contribution in [0.2, 0.25) is 0 Å². The Bertz CT molecular complexity index is 313. The van der Waals surface area contributed by atoms with Crippen molar-refractivity contribution in [2.45, 2.75) is 20.3 Å². The maximum atomic E-state index is 5.31. The van der Waals surface area contributed by atoms with Crippen LogP contribution in [0.1, 0.15) is 16.7 Å². The number of aryl methyl sites for hydroxylation is 2. The Labute approximate surface area is 80.0 Å². The molecule has 0 aliphatic heterocycles. The Kier molecular flexibility index (Phi) is 3.13. The van der Waals surface area contributed by atoms with Gasteiger partial charge < -0.3 is 4.74 Å². The molecule has 0 heterocycles. The Morgan fingerprint density at radius 3 is 2.62 bits per heavy atom.